The Bertz CT molecular complexity index is 369. The molecule has 1 atom stereocenters. The molecule has 0 amide bonds. The van der Waals surface area contributed by atoms with Gasteiger partial charge in [-0.1, -0.05) is 24.3 Å². The number of carbonyl (C=O) groups excluding carboxylic acids is 1. The average molecular weight is 229 g/mol. The van der Waals surface area contributed by atoms with E-state index >= 15 is 0 Å². The highest BCUT2D eigenvalue weighted by Crippen LogP contribution is 2.23. The third-order valence-corrected chi connectivity index (χ3v) is 2.23. The number of esters is 1. The molecule has 16 heavy (non-hydrogen) atoms. The van der Waals surface area contributed by atoms with Gasteiger partial charge in [-0.05, 0) is 12.0 Å². The summed E-state index contributed by atoms with van der Waals surface area (Å²) in [5, 5.41) is 0. The molecule has 0 heterocycles. The van der Waals surface area contributed by atoms with Crippen molar-refractivity contribution in [1.82, 2.24) is 0 Å². The minimum absolute atomic E-state index is 0.0488. The third kappa shape index (κ3) is 3.00. The molecule has 0 fully saturated rings. The van der Waals surface area contributed by atoms with Crippen molar-refractivity contribution in [3.05, 3.63) is 35.4 Å². The van der Waals surface area contributed by atoms with Crippen molar-refractivity contribution in [1.29, 1.82) is 0 Å². The van der Waals surface area contributed by atoms with E-state index in [0.717, 1.165) is 0 Å². The van der Waals surface area contributed by atoms with Gasteiger partial charge in [0.2, 0.25) is 0 Å². The molecule has 0 aromatic heterocycles. The molecule has 0 aliphatic carbocycles. The lowest BCUT2D eigenvalue weighted by molar-refractivity contribution is -0.142. The van der Waals surface area contributed by atoms with Crippen molar-refractivity contribution in [3.63, 3.8) is 0 Å². The second-order valence-electron chi connectivity index (χ2n) is 3.33. The SMILES string of the molecule is COC(=O)[C@H](N)Cc1ccccc1C(F)F. The molecular weight excluding hydrogens is 216 g/mol. The van der Waals surface area contributed by atoms with Gasteiger partial charge >= 0.3 is 5.97 Å². The van der Waals surface area contributed by atoms with Gasteiger partial charge in [-0.15, -0.1) is 0 Å². The Morgan fingerprint density at radius 1 is 1.44 bits per heavy atom. The van der Waals surface area contributed by atoms with Crippen LogP contribution in [0.4, 0.5) is 8.78 Å². The first-order valence-electron chi connectivity index (χ1n) is 4.75. The van der Waals surface area contributed by atoms with E-state index in [1.165, 1.54) is 25.3 Å². The van der Waals surface area contributed by atoms with Crippen molar-refractivity contribution in [3.8, 4) is 0 Å². The van der Waals surface area contributed by atoms with Gasteiger partial charge in [-0.25, -0.2) is 8.78 Å². The number of alkyl halides is 2. The lowest BCUT2D eigenvalue weighted by atomic mass is 10.0. The highest BCUT2D eigenvalue weighted by Gasteiger charge is 2.18. The summed E-state index contributed by atoms with van der Waals surface area (Å²) in [6.07, 6.45) is -2.52. The van der Waals surface area contributed by atoms with Gasteiger partial charge in [-0.2, -0.15) is 0 Å². The fourth-order valence-electron chi connectivity index (χ4n) is 1.40. The molecule has 0 spiro atoms. The summed E-state index contributed by atoms with van der Waals surface area (Å²) >= 11 is 0. The Labute approximate surface area is 92.2 Å². The maximum Gasteiger partial charge on any atom is 0.322 e. The number of halogens is 2. The van der Waals surface area contributed by atoms with Crippen molar-refractivity contribution < 1.29 is 18.3 Å². The van der Waals surface area contributed by atoms with E-state index in [4.69, 9.17) is 5.73 Å². The topological polar surface area (TPSA) is 52.3 Å². The summed E-state index contributed by atoms with van der Waals surface area (Å²) in [6.45, 7) is 0. The Hall–Kier alpha value is -1.49. The van der Waals surface area contributed by atoms with E-state index < -0.39 is 18.4 Å². The van der Waals surface area contributed by atoms with Crippen LogP contribution in [0.1, 0.15) is 17.6 Å². The molecule has 5 heteroatoms. The van der Waals surface area contributed by atoms with Crippen LogP contribution in [-0.2, 0) is 16.0 Å². The van der Waals surface area contributed by atoms with E-state index in [1.807, 2.05) is 0 Å². The molecule has 1 aromatic carbocycles. The molecular formula is C11H13F2NO2. The van der Waals surface area contributed by atoms with Crippen LogP contribution in [0.3, 0.4) is 0 Å². The zero-order valence-electron chi connectivity index (χ0n) is 8.82. The summed E-state index contributed by atoms with van der Waals surface area (Å²) in [5.74, 6) is -0.607. The number of ether oxygens (including phenoxy) is 1. The Balaban J connectivity index is 2.84. The first kappa shape index (κ1) is 12.6. The molecule has 0 unspecified atom stereocenters. The Morgan fingerprint density at radius 3 is 2.62 bits per heavy atom. The lowest BCUT2D eigenvalue weighted by Crippen LogP contribution is -2.33. The zero-order chi connectivity index (χ0) is 12.1. The first-order valence-corrected chi connectivity index (χ1v) is 4.75. The number of rotatable bonds is 4. The van der Waals surface area contributed by atoms with E-state index in [1.54, 1.807) is 6.07 Å². The van der Waals surface area contributed by atoms with Gasteiger partial charge in [0.25, 0.3) is 6.43 Å². The number of nitrogens with two attached hydrogens (primary N) is 1. The summed E-state index contributed by atoms with van der Waals surface area (Å²) in [6, 6.07) is 5.10. The second kappa shape index (κ2) is 5.55. The first-order chi connectivity index (χ1) is 7.56. The molecule has 88 valence electrons. The molecule has 0 aliphatic heterocycles. The molecule has 2 N–H and O–H groups in total. The van der Waals surface area contributed by atoms with E-state index in [0.29, 0.717) is 5.56 Å². The van der Waals surface area contributed by atoms with Gasteiger partial charge < -0.3 is 10.5 Å². The summed E-state index contributed by atoms with van der Waals surface area (Å²) < 4.78 is 29.6. The standard InChI is InChI=1S/C11H13F2NO2/c1-16-11(15)9(14)6-7-4-2-3-5-8(7)10(12)13/h2-5,9-10H,6,14H2,1H3/t9-/m1/s1. The molecule has 0 saturated carbocycles. The zero-order valence-corrected chi connectivity index (χ0v) is 8.82. The largest absolute Gasteiger partial charge is 0.468 e. The number of benzene rings is 1. The van der Waals surface area contributed by atoms with Gasteiger partial charge in [-0.3, -0.25) is 4.79 Å². The summed E-state index contributed by atoms with van der Waals surface area (Å²) in [5.41, 5.74) is 5.78. The van der Waals surface area contributed by atoms with Crippen LogP contribution in [0.5, 0.6) is 0 Å². The van der Waals surface area contributed by atoms with Gasteiger partial charge in [0.05, 0.1) is 7.11 Å². The maximum absolute atomic E-state index is 12.6. The number of carbonyl (C=O) groups is 1. The highest BCUT2D eigenvalue weighted by atomic mass is 19.3. The number of hydrogen-bond acceptors (Lipinski definition) is 3. The predicted molar refractivity (Wildman–Crippen MR) is 55.1 cm³/mol. The van der Waals surface area contributed by atoms with E-state index in [9.17, 15) is 13.6 Å². The van der Waals surface area contributed by atoms with Gasteiger partial charge in [0.15, 0.2) is 0 Å². The minimum Gasteiger partial charge on any atom is -0.468 e. The molecule has 0 aliphatic rings. The number of hydrogen-bond donors (Lipinski definition) is 1. The fraction of sp³-hybridized carbons (Fsp3) is 0.364. The van der Waals surface area contributed by atoms with Crippen LogP contribution in [0.2, 0.25) is 0 Å². The van der Waals surface area contributed by atoms with Crippen molar-refractivity contribution in [2.75, 3.05) is 7.11 Å². The highest BCUT2D eigenvalue weighted by molar-refractivity contribution is 5.75. The molecule has 3 nitrogen and oxygen atoms in total. The molecule has 0 saturated heterocycles. The van der Waals surface area contributed by atoms with Gasteiger partial charge in [0.1, 0.15) is 6.04 Å². The van der Waals surface area contributed by atoms with Crippen molar-refractivity contribution in [2.45, 2.75) is 18.9 Å². The van der Waals surface area contributed by atoms with Crippen LogP contribution in [0, 0.1) is 0 Å². The minimum atomic E-state index is -2.57. The van der Waals surface area contributed by atoms with Crippen LogP contribution in [-0.4, -0.2) is 19.1 Å². The maximum atomic E-state index is 12.6. The quantitative estimate of drug-likeness (QED) is 0.799. The lowest BCUT2D eigenvalue weighted by Gasteiger charge is -2.12. The van der Waals surface area contributed by atoms with Crippen molar-refractivity contribution >= 4 is 5.97 Å². The number of methoxy groups -OCH3 is 1. The Morgan fingerprint density at radius 2 is 2.06 bits per heavy atom. The molecule has 0 bridgehead atoms. The second-order valence-corrected chi connectivity index (χ2v) is 3.33. The summed E-state index contributed by atoms with van der Waals surface area (Å²) in [4.78, 5) is 11.1. The van der Waals surface area contributed by atoms with Crippen LogP contribution >= 0.6 is 0 Å². The fourth-order valence-corrected chi connectivity index (χ4v) is 1.40. The average Bonchev–Trinajstić information content (AvgIpc) is 2.28. The predicted octanol–water partition coefficient (Wildman–Crippen LogP) is 1.67. The Kier molecular flexibility index (Phi) is 4.37. The van der Waals surface area contributed by atoms with Gasteiger partial charge in [0, 0.05) is 5.56 Å². The molecule has 1 aromatic rings. The van der Waals surface area contributed by atoms with Crippen molar-refractivity contribution in [2.24, 2.45) is 5.73 Å². The smallest absolute Gasteiger partial charge is 0.322 e. The third-order valence-electron chi connectivity index (χ3n) is 2.23. The van der Waals surface area contributed by atoms with Crippen LogP contribution < -0.4 is 5.73 Å². The molecule has 1 rings (SSSR count). The summed E-state index contributed by atoms with van der Waals surface area (Å²) in [7, 11) is 1.21. The monoisotopic (exact) mass is 229 g/mol. The van der Waals surface area contributed by atoms with Crippen LogP contribution in [0.25, 0.3) is 0 Å². The normalized spacial score (nSPS) is 12.6. The molecule has 0 radical (unpaired) electrons. The van der Waals surface area contributed by atoms with E-state index in [-0.39, 0.29) is 12.0 Å². The van der Waals surface area contributed by atoms with E-state index in [2.05, 4.69) is 4.74 Å². The van der Waals surface area contributed by atoms with Crippen LogP contribution in [0.15, 0.2) is 24.3 Å².